The maximum Gasteiger partial charge on any atom is 0.231 e. The molecule has 3 aromatic rings. The summed E-state index contributed by atoms with van der Waals surface area (Å²) >= 11 is 0. The molecule has 4 rings (SSSR count). The van der Waals surface area contributed by atoms with E-state index < -0.39 is 0 Å². The fraction of sp³-hybridized carbons (Fsp3) is 0.348. The van der Waals surface area contributed by atoms with Crippen LogP contribution < -0.4 is 21.1 Å². The predicted molar refractivity (Wildman–Crippen MR) is 126 cm³/mol. The lowest BCUT2D eigenvalue weighted by Crippen LogP contribution is -2.23. The van der Waals surface area contributed by atoms with E-state index in [4.69, 9.17) is 15.5 Å². The van der Waals surface area contributed by atoms with Gasteiger partial charge in [-0.3, -0.25) is 4.99 Å². The highest BCUT2D eigenvalue weighted by atomic mass is 16.5. The van der Waals surface area contributed by atoms with E-state index in [1.165, 1.54) is 38.3 Å². The number of anilines is 3. The molecule has 0 spiro atoms. The summed E-state index contributed by atoms with van der Waals surface area (Å²) in [5.74, 6) is 2.02. The standard InChI is InChI=1S/C23H29N7O/c1-25-18(10-12-24)15-8-9-19(20(14-15)31-2)28-23-29-21-17(11-13-26-21)22(30-23)27-16-6-4-3-5-7-16/h8-14,16H,3-7,24H2,1-2H3,(H3,26,27,28,29,30). The van der Waals surface area contributed by atoms with Crippen molar-refractivity contribution in [3.05, 3.63) is 48.3 Å². The highest BCUT2D eigenvalue weighted by Gasteiger charge is 2.17. The van der Waals surface area contributed by atoms with Crippen molar-refractivity contribution >= 4 is 34.2 Å². The minimum Gasteiger partial charge on any atom is -0.495 e. The van der Waals surface area contributed by atoms with Crippen LogP contribution in [-0.4, -0.2) is 40.9 Å². The van der Waals surface area contributed by atoms with Crippen molar-refractivity contribution in [2.75, 3.05) is 24.8 Å². The summed E-state index contributed by atoms with van der Waals surface area (Å²) < 4.78 is 5.60. The van der Waals surface area contributed by atoms with Crippen LogP contribution in [-0.2, 0) is 0 Å². The molecule has 0 bridgehead atoms. The molecule has 1 aliphatic carbocycles. The monoisotopic (exact) mass is 419 g/mol. The van der Waals surface area contributed by atoms with E-state index in [9.17, 15) is 0 Å². The summed E-state index contributed by atoms with van der Waals surface area (Å²) in [6, 6.07) is 8.27. The van der Waals surface area contributed by atoms with Crippen molar-refractivity contribution < 1.29 is 4.74 Å². The van der Waals surface area contributed by atoms with Gasteiger partial charge in [-0.25, -0.2) is 0 Å². The first-order chi connectivity index (χ1) is 15.2. The molecule has 5 N–H and O–H groups in total. The zero-order valence-electron chi connectivity index (χ0n) is 18.0. The van der Waals surface area contributed by atoms with Crippen LogP contribution in [0.5, 0.6) is 5.75 Å². The molecule has 2 aromatic heterocycles. The number of benzene rings is 1. The lowest BCUT2D eigenvalue weighted by Gasteiger charge is -2.23. The largest absolute Gasteiger partial charge is 0.495 e. The Balaban J connectivity index is 1.63. The van der Waals surface area contributed by atoms with E-state index in [1.54, 1.807) is 20.2 Å². The Kier molecular flexibility index (Phi) is 6.35. The van der Waals surface area contributed by atoms with Gasteiger partial charge in [0.15, 0.2) is 0 Å². The summed E-state index contributed by atoms with van der Waals surface area (Å²) in [7, 11) is 3.37. The lowest BCUT2D eigenvalue weighted by atomic mass is 9.95. The lowest BCUT2D eigenvalue weighted by molar-refractivity contribution is 0.416. The Morgan fingerprint density at radius 3 is 2.81 bits per heavy atom. The van der Waals surface area contributed by atoms with E-state index in [0.29, 0.717) is 17.7 Å². The number of rotatable bonds is 7. The zero-order valence-corrected chi connectivity index (χ0v) is 18.0. The summed E-state index contributed by atoms with van der Waals surface area (Å²) in [6.45, 7) is 0. The topological polar surface area (TPSA) is 113 Å². The van der Waals surface area contributed by atoms with Gasteiger partial charge in [-0.05, 0) is 43.3 Å². The number of nitrogens with one attached hydrogen (secondary N) is 3. The Bertz CT molecular complexity index is 1100. The SMILES string of the molecule is CN=C(C=CN)c1ccc(Nc2nc(NC3CCCCC3)c3cc[nH]c3n2)c(OC)c1. The quantitative estimate of drug-likeness (QED) is 0.424. The summed E-state index contributed by atoms with van der Waals surface area (Å²) in [6.07, 6.45) is 11.3. The molecule has 31 heavy (non-hydrogen) atoms. The summed E-state index contributed by atoms with van der Waals surface area (Å²) in [5, 5.41) is 7.94. The van der Waals surface area contributed by atoms with Gasteiger partial charge in [-0.1, -0.05) is 25.3 Å². The fourth-order valence-corrected chi connectivity index (χ4v) is 4.01. The second kappa shape index (κ2) is 9.51. The van der Waals surface area contributed by atoms with Crippen molar-refractivity contribution in [2.24, 2.45) is 10.7 Å². The molecule has 162 valence electrons. The molecule has 0 aliphatic heterocycles. The van der Waals surface area contributed by atoms with Gasteiger partial charge in [0.25, 0.3) is 0 Å². The molecule has 1 saturated carbocycles. The normalized spacial score (nSPS) is 15.5. The third kappa shape index (κ3) is 4.63. The average Bonchev–Trinajstić information content (AvgIpc) is 3.27. The third-order valence-electron chi connectivity index (χ3n) is 5.60. The van der Waals surface area contributed by atoms with Gasteiger partial charge in [-0.2, -0.15) is 9.97 Å². The maximum atomic E-state index is 5.60. The summed E-state index contributed by atoms with van der Waals surface area (Å²) in [5.41, 5.74) is 8.78. The Hall–Kier alpha value is -3.55. The molecule has 0 unspecified atom stereocenters. The minimum atomic E-state index is 0.450. The molecule has 1 aliphatic rings. The first-order valence-corrected chi connectivity index (χ1v) is 10.6. The average molecular weight is 420 g/mol. The van der Waals surface area contributed by atoms with E-state index in [2.05, 4.69) is 25.6 Å². The van der Waals surface area contributed by atoms with E-state index in [0.717, 1.165) is 33.8 Å². The number of H-pyrrole nitrogens is 1. The number of ether oxygens (including phenoxy) is 1. The highest BCUT2D eigenvalue weighted by Crippen LogP contribution is 2.31. The number of methoxy groups -OCH3 is 1. The molecule has 0 radical (unpaired) electrons. The molecule has 2 heterocycles. The smallest absolute Gasteiger partial charge is 0.231 e. The third-order valence-corrected chi connectivity index (χ3v) is 5.60. The number of hydrogen-bond donors (Lipinski definition) is 4. The number of allylic oxidation sites excluding steroid dienone is 1. The number of aromatic nitrogens is 3. The van der Waals surface area contributed by atoms with E-state index >= 15 is 0 Å². The van der Waals surface area contributed by atoms with E-state index in [1.807, 2.05) is 30.5 Å². The van der Waals surface area contributed by atoms with E-state index in [-0.39, 0.29) is 0 Å². The molecule has 0 amide bonds. The molecular weight excluding hydrogens is 390 g/mol. The van der Waals surface area contributed by atoms with Gasteiger partial charge in [-0.15, -0.1) is 0 Å². The number of nitrogens with zero attached hydrogens (tertiary/aromatic N) is 3. The highest BCUT2D eigenvalue weighted by molar-refractivity contribution is 6.09. The second-order valence-electron chi connectivity index (χ2n) is 7.62. The molecule has 8 heteroatoms. The van der Waals surface area contributed by atoms with Gasteiger partial charge in [0, 0.05) is 24.8 Å². The molecule has 0 atom stereocenters. The Morgan fingerprint density at radius 2 is 2.06 bits per heavy atom. The van der Waals surface area contributed by atoms with Crippen LogP contribution in [0.1, 0.15) is 37.7 Å². The fourth-order valence-electron chi connectivity index (χ4n) is 4.01. The first kappa shape index (κ1) is 20.7. The van der Waals surface area contributed by atoms with Gasteiger partial charge < -0.3 is 26.1 Å². The van der Waals surface area contributed by atoms with Gasteiger partial charge in [0.1, 0.15) is 17.2 Å². The summed E-state index contributed by atoms with van der Waals surface area (Å²) in [4.78, 5) is 16.9. The second-order valence-corrected chi connectivity index (χ2v) is 7.62. The van der Waals surface area contributed by atoms with Crippen LogP contribution in [0.25, 0.3) is 11.0 Å². The van der Waals surface area contributed by atoms with Crippen LogP contribution >= 0.6 is 0 Å². The molecular formula is C23H29N7O. The van der Waals surface area contributed by atoms with Crippen LogP contribution in [0.3, 0.4) is 0 Å². The number of nitrogens with two attached hydrogens (primary N) is 1. The van der Waals surface area contributed by atoms with Gasteiger partial charge in [0.2, 0.25) is 5.95 Å². The van der Waals surface area contributed by atoms with Crippen LogP contribution in [0, 0.1) is 0 Å². The number of aliphatic imine (C=N–C) groups is 1. The van der Waals surface area contributed by atoms with Gasteiger partial charge >= 0.3 is 0 Å². The molecule has 8 nitrogen and oxygen atoms in total. The first-order valence-electron chi connectivity index (χ1n) is 10.6. The van der Waals surface area contributed by atoms with Crippen molar-refractivity contribution in [2.45, 2.75) is 38.1 Å². The Labute approximate surface area is 182 Å². The molecule has 1 fully saturated rings. The van der Waals surface area contributed by atoms with Crippen molar-refractivity contribution in [3.63, 3.8) is 0 Å². The predicted octanol–water partition coefficient (Wildman–Crippen LogP) is 4.35. The number of aromatic amines is 1. The van der Waals surface area contributed by atoms with Crippen molar-refractivity contribution in [1.29, 1.82) is 0 Å². The van der Waals surface area contributed by atoms with Crippen LogP contribution in [0.15, 0.2) is 47.7 Å². The zero-order chi connectivity index (χ0) is 21.6. The number of hydrogen-bond acceptors (Lipinski definition) is 7. The van der Waals surface area contributed by atoms with Crippen molar-refractivity contribution in [1.82, 2.24) is 15.0 Å². The van der Waals surface area contributed by atoms with Crippen LogP contribution in [0.4, 0.5) is 17.5 Å². The maximum absolute atomic E-state index is 5.60. The number of fused-ring (bicyclic) bond motifs is 1. The minimum absolute atomic E-state index is 0.450. The van der Waals surface area contributed by atoms with Crippen LogP contribution in [0.2, 0.25) is 0 Å². The van der Waals surface area contributed by atoms with Crippen molar-refractivity contribution in [3.8, 4) is 5.75 Å². The Morgan fingerprint density at radius 1 is 1.23 bits per heavy atom. The van der Waals surface area contributed by atoms with Gasteiger partial charge in [0.05, 0.1) is 23.9 Å². The molecule has 1 aromatic carbocycles. The molecule has 0 saturated heterocycles.